The zero-order valence-corrected chi connectivity index (χ0v) is 12.0. The highest BCUT2D eigenvalue weighted by atomic mass is 16.3. The Morgan fingerprint density at radius 1 is 1.05 bits per heavy atom. The fourth-order valence-corrected chi connectivity index (χ4v) is 1.92. The van der Waals surface area contributed by atoms with Crippen molar-refractivity contribution >= 4 is 11.6 Å². The largest absolute Gasteiger partial charge is 0.396 e. The van der Waals surface area contributed by atoms with Gasteiger partial charge in [0.15, 0.2) is 11.6 Å². The predicted octanol–water partition coefficient (Wildman–Crippen LogP) is 1.29. The molecule has 0 amide bonds. The molecule has 0 aromatic carbocycles. The summed E-state index contributed by atoms with van der Waals surface area (Å²) in [5.41, 5.74) is 2.19. The molecule has 0 atom stereocenters. The molecule has 0 unspecified atom stereocenters. The Bertz CT molecular complexity index is 472. The zero-order chi connectivity index (χ0) is 14.0. The highest BCUT2D eigenvalue weighted by Gasteiger charge is 2.16. The van der Waals surface area contributed by atoms with E-state index in [9.17, 15) is 0 Å². The first-order valence-corrected chi connectivity index (χ1v) is 6.42. The van der Waals surface area contributed by atoms with Crippen LogP contribution in [0.25, 0.3) is 0 Å². The van der Waals surface area contributed by atoms with Gasteiger partial charge in [-0.25, -0.2) is 0 Å². The lowest BCUT2D eigenvalue weighted by Crippen LogP contribution is -2.20. The molecule has 1 N–H and O–H groups in total. The Hall–Kier alpha value is -1.82. The number of hydrogen-bond acceptors (Lipinski definition) is 4. The van der Waals surface area contributed by atoms with Gasteiger partial charge in [-0.2, -0.15) is 10.2 Å². The normalized spacial score (nSPS) is 11.0. The van der Waals surface area contributed by atoms with Gasteiger partial charge in [0.2, 0.25) is 0 Å². The minimum absolute atomic E-state index is 0.161. The third kappa shape index (κ3) is 2.78. The van der Waals surface area contributed by atoms with Gasteiger partial charge in [-0.05, 0) is 20.3 Å². The van der Waals surface area contributed by atoms with E-state index in [1.165, 1.54) is 0 Å². The number of hydrogen-bond donors (Lipinski definition) is 1. The van der Waals surface area contributed by atoms with Crippen LogP contribution in [0.3, 0.4) is 0 Å². The smallest absolute Gasteiger partial charge is 0.156 e. The summed E-state index contributed by atoms with van der Waals surface area (Å²) in [6.07, 6.45) is 0.686. The minimum Gasteiger partial charge on any atom is -0.396 e. The van der Waals surface area contributed by atoms with Crippen LogP contribution in [-0.2, 0) is 14.1 Å². The van der Waals surface area contributed by atoms with E-state index < -0.39 is 0 Å². The summed E-state index contributed by atoms with van der Waals surface area (Å²) >= 11 is 0. The van der Waals surface area contributed by atoms with Crippen molar-refractivity contribution in [2.45, 2.75) is 20.3 Å². The van der Waals surface area contributed by atoms with Crippen LogP contribution in [0.15, 0.2) is 12.1 Å². The first-order chi connectivity index (χ1) is 9.02. The van der Waals surface area contributed by atoms with Crippen molar-refractivity contribution in [3.05, 3.63) is 23.5 Å². The Labute approximate surface area is 113 Å². The van der Waals surface area contributed by atoms with Gasteiger partial charge in [-0.1, -0.05) is 0 Å². The Kier molecular flexibility index (Phi) is 3.90. The molecule has 2 aromatic heterocycles. The maximum atomic E-state index is 9.05. The minimum atomic E-state index is 0.161. The van der Waals surface area contributed by atoms with Crippen molar-refractivity contribution in [1.29, 1.82) is 0 Å². The molecule has 0 radical (unpaired) electrons. The van der Waals surface area contributed by atoms with Crippen LogP contribution in [-0.4, -0.2) is 37.8 Å². The predicted molar refractivity (Wildman–Crippen MR) is 74.6 cm³/mol. The van der Waals surface area contributed by atoms with Crippen molar-refractivity contribution < 1.29 is 5.11 Å². The third-order valence-electron chi connectivity index (χ3n) is 3.29. The maximum absolute atomic E-state index is 9.05. The molecule has 0 aliphatic carbocycles. The van der Waals surface area contributed by atoms with E-state index >= 15 is 0 Å². The number of rotatable bonds is 5. The molecule has 2 heterocycles. The van der Waals surface area contributed by atoms with E-state index in [-0.39, 0.29) is 6.61 Å². The van der Waals surface area contributed by atoms with Crippen molar-refractivity contribution in [3.63, 3.8) is 0 Å². The highest BCUT2D eigenvalue weighted by molar-refractivity contribution is 5.56. The molecular weight excluding hydrogens is 242 g/mol. The average Bonchev–Trinajstić information content (AvgIpc) is 2.85. The molecule has 6 heteroatoms. The zero-order valence-electron chi connectivity index (χ0n) is 12.0. The Morgan fingerprint density at radius 3 is 1.84 bits per heavy atom. The summed E-state index contributed by atoms with van der Waals surface area (Å²) in [6, 6.07) is 4.06. The standard InChI is InChI=1S/C13H21N5O/c1-10-8-12(14-16(10)3)18(6-5-7-19)13-9-11(2)17(4)15-13/h8-9,19H,5-7H2,1-4H3. The monoisotopic (exact) mass is 263 g/mol. The molecule has 0 spiro atoms. The van der Waals surface area contributed by atoms with Gasteiger partial charge < -0.3 is 10.0 Å². The summed E-state index contributed by atoms with van der Waals surface area (Å²) < 4.78 is 3.69. The SMILES string of the molecule is Cc1cc(N(CCCO)c2cc(C)n(C)n2)nn1C. The quantitative estimate of drug-likeness (QED) is 0.883. The van der Waals surface area contributed by atoms with E-state index in [1.807, 2.05) is 54.3 Å². The van der Waals surface area contributed by atoms with Crippen molar-refractivity contribution in [2.24, 2.45) is 14.1 Å². The summed E-state index contributed by atoms with van der Waals surface area (Å²) in [7, 11) is 3.85. The summed E-state index contributed by atoms with van der Waals surface area (Å²) in [4.78, 5) is 2.04. The van der Waals surface area contributed by atoms with Gasteiger partial charge >= 0.3 is 0 Å². The van der Waals surface area contributed by atoms with Crippen molar-refractivity contribution in [3.8, 4) is 0 Å². The number of aryl methyl sites for hydroxylation is 4. The molecule has 19 heavy (non-hydrogen) atoms. The van der Waals surface area contributed by atoms with Crippen LogP contribution in [0.2, 0.25) is 0 Å². The van der Waals surface area contributed by atoms with Crippen molar-refractivity contribution in [1.82, 2.24) is 19.6 Å². The molecule has 0 aliphatic heterocycles. The Balaban J connectivity index is 2.34. The van der Waals surface area contributed by atoms with Crippen LogP contribution >= 0.6 is 0 Å². The molecule has 0 saturated carbocycles. The van der Waals surface area contributed by atoms with Crippen LogP contribution in [0.4, 0.5) is 11.6 Å². The molecule has 104 valence electrons. The summed E-state index contributed by atoms with van der Waals surface area (Å²) in [6.45, 7) is 4.90. The molecule has 2 aromatic rings. The number of aliphatic hydroxyl groups excluding tert-OH is 1. The van der Waals surface area contributed by atoms with Gasteiger partial charge in [0.25, 0.3) is 0 Å². The fraction of sp³-hybridized carbons (Fsp3) is 0.538. The van der Waals surface area contributed by atoms with E-state index in [2.05, 4.69) is 10.2 Å². The third-order valence-corrected chi connectivity index (χ3v) is 3.29. The van der Waals surface area contributed by atoms with Gasteiger partial charge in [0.05, 0.1) is 0 Å². The van der Waals surface area contributed by atoms with Gasteiger partial charge in [-0.3, -0.25) is 9.36 Å². The lowest BCUT2D eigenvalue weighted by molar-refractivity contribution is 0.290. The summed E-state index contributed by atoms with van der Waals surface area (Å²) in [5.74, 6) is 1.73. The van der Waals surface area contributed by atoms with Gasteiger partial charge in [-0.15, -0.1) is 0 Å². The van der Waals surface area contributed by atoms with E-state index in [0.717, 1.165) is 23.0 Å². The molecule has 2 rings (SSSR count). The topological polar surface area (TPSA) is 59.1 Å². The Morgan fingerprint density at radius 2 is 1.53 bits per heavy atom. The molecular formula is C13H21N5O. The fourth-order valence-electron chi connectivity index (χ4n) is 1.92. The van der Waals surface area contributed by atoms with Crippen LogP contribution in [0, 0.1) is 13.8 Å². The second-order valence-corrected chi connectivity index (χ2v) is 4.76. The first-order valence-electron chi connectivity index (χ1n) is 6.42. The number of nitrogens with zero attached hydrogens (tertiary/aromatic N) is 5. The lowest BCUT2D eigenvalue weighted by Gasteiger charge is -2.18. The molecule has 6 nitrogen and oxygen atoms in total. The second kappa shape index (κ2) is 5.44. The van der Waals surface area contributed by atoms with Crippen LogP contribution in [0.1, 0.15) is 17.8 Å². The van der Waals surface area contributed by atoms with E-state index in [0.29, 0.717) is 13.0 Å². The van der Waals surface area contributed by atoms with E-state index in [4.69, 9.17) is 5.11 Å². The molecule has 0 fully saturated rings. The molecule has 0 aliphatic rings. The lowest BCUT2D eigenvalue weighted by atomic mass is 10.3. The average molecular weight is 263 g/mol. The number of anilines is 2. The first kappa shape index (κ1) is 13.6. The number of aromatic nitrogens is 4. The highest BCUT2D eigenvalue weighted by Crippen LogP contribution is 2.24. The molecule has 0 saturated heterocycles. The van der Waals surface area contributed by atoms with Crippen LogP contribution in [0.5, 0.6) is 0 Å². The van der Waals surface area contributed by atoms with Gasteiger partial charge in [0.1, 0.15) is 0 Å². The second-order valence-electron chi connectivity index (χ2n) is 4.76. The van der Waals surface area contributed by atoms with Crippen LogP contribution < -0.4 is 4.90 Å². The molecule has 0 bridgehead atoms. The van der Waals surface area contributed by atoms with Gasteiger partial charge in [0, 0.05) is 50.8 Å². The van der Waals surface area contributed by atoms with Crippen molar-refractivity contribution in [2.75, 3.05) is 18.1 Å². The summed E-state index contributed by atoms with van der Waals surface area (Å²) in [5, 5.41) is 18.0. The van der Waals surface area contributed by atoms with E-state index in [1.54, 1.807) is 0 Å². The number of aliphatic hydroxyl groups is 1. The maximum Gasteiger partial charge on any atom is 0.156 e.